The summed E-state index contributed by atoms with van der Waals surface area (Å²) in [6.45, 7) is 0. The molecular weight excluding hydrogens is 513 g/mol. The van der Waals surface area contributed by atoms with E-state index in [9.17, 15) is 19.7 Å². The van der Waals surface area contributed by atoms with Crippen molar-refractivity contribution < 1.29 is 18.9 Å². The summed E-state index contributed by atoms with van der Waals surface area (Å²) < 4.78 is 5.66. The van der Waals surface area contributed by atoms with Crippen LogP contribution in [0.5, 0.6) is 0 Å². The Labute approximate surface area is 206 Å². The van der Waals surface area contributed by atoms with E-state index in [1.54, 1.807) is 12.1 Å². The van der Waals surface area contributed by atoms with Gasteiger partial charge >= 0.3 is 0 Å². The second-order valence-electron chi connectivity index (χ2n) is 6.65. The van der Waals surface area contributed by atoms with Crippen LogP contribution in [0, 0.1) is 10.1 Å². The molecule has 12 heteroatoms. The maximum Gasteiger partial charge on any atom is 0.281 e. The zero-order valence-electron chi connectivity index (χ0n) is 16.2. The lowest BCUT2D eigenvalue weighted by Crippen LogP contribution is -2.54. The van der Waals surface area contributed by atoms with Crippen molar-refractivity contribution in [2.24, 2.45) is 0 Å². The monoisotopic (exact) mass is 521 g/mol. The summed E-state index contributed by atoms with van der Waals surface area (Å²) in [4.78, 5) is 37.4. The third-order valence-electron chi connectivity index (χ3n) is 4.61. The van der Waals surface area contributed by atoms with E-state index in [2.05, 4.69) is 5.32 Å². The zero-order valence-corrected chi connectivity index (χ0v) is 19.3. The second-order valence-corrected chi connectivity index (χ2v) is 8.26. The van der Waals surface area contributed by atoms with Crippen molar-refractivity contribution in [3.63, 3.8) is 0 Å². The molecule has 8 nitrogen and oxygen atoms in total. The molecule has 1 aromatic heterocycles. The summed E-state index contributed by atoms with van der Waals surface area (Å²) in [6.07, 6.45) is 1.20. The van der Waals surface area contributed by atoms with Crippen LogP contribution in [0.4, 0.5) is 11.4 Å². The molecule has 1 aliphatic rings. The zero-order chi connectivity index (χ0) is 23.9. The van der Waals surface area contributed by atoms with Crippen molar-refractivity contribution >= 4 is 81.4 Å². The number of hydrogen-bond acceptors (Lipinski definition) is 6. The maximum absolute atomic E-state index is 13.1. The summed E-state index contributed by atoms with van der Waals surface area (Å²) >= 11 is 23.3. The molecule has 1 aliphatic heterocycles. The fraction of sp³-hybridized carbons (Fsp3) is 0. The fourth-order valence-electron chi connectivity index (χ4n) is 3.12. The summed E-state index contributed by atoms with van der Waals surface area (Å²) in [6, 6.07) is 11.7. The number of thiocarbonyl (C=S) groups is 1. The summed E-state index contributed by atoms with van der Waals surface area (Å²) in [5.41, 5.74) is -0.162. The number of anilines is 1. The van der Waals surface area contributed by atoms with Crippen LogP contribution in [0.1, 0.15) is 5.76 Å². The molecule has 0 spiro atoms. The minimum absolute atomic E-state index is 0.0840. The van der Waals surface area contributed by atoms with Crippen molar-refractivity contribution in [2.75, 3.05) is 4.90 Å². The molecule has 4 rings (SSSR count). The van der Waals surface area contributed by atoms with Gasteiger partial charge in [0.1, 0.15) is 17.1 Å². The van der Waals surface area contributed by atoms with E-state index in [0.717, 1.165) is 4.90 Å². The van der Waals surface area contributed by atoms with Crippen molar-refractivity contribution in [3.05, 3.63) is 85.0 Å². The predicted octanol–water partition coefficient (Wildman–Crippen LogP) is 5.65. The first-order chi connectivity index (χ1) is 15.7. The molecule has 0 aliphatic carbocycles. The van der Waals surface area contributed by atoms with Crippen LogP contribution in [0.15, 0.2) is 58.5 Å². The average Bonchev–Trinajstić information content (AvgIpc) is 3.22. The number of carbonyl (C=O) groups is 2. The molecule has 0 saturated carbocycles. The Morgan fingerprint density at radius 3 is 2.58 bits per heavy atom. The Kier molecular flexibility index (Phi) is 6.22. The van der Waals surface area contributed by atoms with Gasteiger partial charge in [-0.2, -0.15) is 0 Å². The first-order valence-corrected chi connectivity index (χ1v) is 10.6. The highest BCUT2D eigenvalue weighted by Crippen LogP contribution is 2.36. The van der Waals surface area contributed by atoms with Crippen LogP contribution >= 0.6 is 47.0 Å². The molecular formula is C21H10Cl3N3O5S. The highest BCUT2D eigenvalue weighted by Gasteiger charge is 2.36. The lowest BCUT2D eigenvalue weighted by atomic mass is 10.1. The van der Waals surface area contributed by atoms with Gasteiger partial charge in [-0.05, 0) is 54.7 Å². The number of nitro groups is 1. The Balaban J connectivity index is 1.73. The SMILES string of the molecule is O=C1NC(=S)N(c2cccc(Cl)c2Cl)C(=O)/C1=C/c1ccc(-c2ccc(Cl)cc2[N+](=O)[O-])o1. The Bertz CT molecular complexity index is 1390. The van der Waals surface area contributed by atoms with E-state index in [1.165, 1.54) is 42.5 Å². The molecule has 33 heavy (non-hydrogen) atoms. The molecule has 1 N–H and O–H groups in total. The molecule has 1 saturated heterocycles. The molecule has 0 unspecified atom stereocenters. The van der Waals surface area contributed by atoms with Gasteiger partial charge in [0, 0.05) is 11.1 Å². The van der Waals surface area contributed by atoms with Gasteiger partial charge in [-0.15, -0.1) is 0 Å². The van der Waals surface area contributed by atoms with Crippen LogP contribution in [0.25, 0.3) is 17.4 Å². The molecule has 0 atom stereocenters. The van der Waals surface area contributed by atoms with Gasteiger partial charge in [-0.25, -0.2) is 0 Å². The largest absolute Gasteiger partial charge is 0.456 e. The van der Waals surface area contributed by atoms with Gasteiger partial charge in [-0.1, -0.05) is 40.9 Å². The summed E-state index contributed by atoms with van der Waals surface area (Å²) in [5, 5.41) is 14.1. The number of hydrogen-bond donors (Lipinski definition) is 1. The van der Waals surface area contributed by atoms with Gasteiger partial charge in [0.15, 0.2) is 5.11 Å². The number of halogens is 3. The fourth-order valence-corrected chi connectivity index (χ4v) is 3.94. The van der Waals surface area contributed by atoms with Crippen molar-refractivity contribution in [2.45, 2.75) is 0 Å². The number of nitro benzene ring substituents is 1. The third kappa shape index (κ3) is 4.36. The highest BCUT2D eigenvalue weighted by molar-refractivity contribution is 7.80. The number of nitrogens with one attached hydrogen (secondary N) is 1. The number of furan rings is 1. The first-order valence-electron chi connectivity index (χ1n) is 9.07. The topological polar surface area (TPSA) is 106 Å². The van der Waals surface area contributed by atoms with Gasteiger partial charge in [0.05, 0.1) is 26.2 Å². The normalized spacial score (nSPS) is 15.2. The third-order valence-corrected chi connectivity index (χ3v) is 5.94. The van der Waals surface area contributed by atoms with E-state index < -0.39 is 16.7 Å². The van der Waals surface area contributed by atoms with Crippen LogP contribution in [-0.4, -0.2) is 21.9 Å². The smallest absolute Gasteiger partial charge is 0.281 e. The van der Waals surface area contributed by atoms with Crippen molar-refractivity contribution in [3.8, 4) is 11.3 Å². The number of benzene rings is 2. The summed E-state index contributed by atoms with van der Waals surface area (Å²) in [5.74, 6) is -1.23. The quantitative estimate of drug-likeness (QED) is 0.156. The van der Waals surface area contributed by atoms with Crippen LogP contribution < -0.4 is 10.2 Å². The van der Waals surface area contributed by atoms with Crippen LogP contribution in [-0.2, 0) is 9.59 Å². The van der Waals surface area contributed by atoms with E-state index in [4.69, 9.17) is 51.4 Å². The molecule has 166 valence electrons. The Morgan fingerprint density at radius 2 is 1.85 bits per heavy atom. The van der Waals surface area contributed by atoms with Crippen molar-refractivity contribution in [1.82, 2.24) is 5.32 Å². The first kappa shape index (κ1) is 22.9. The lowest BCUT2D eigenvalue weighted by molar-refractivity contribution is -0.384. The molecule has 0 bridgehead atoms. The number of carbonyl (C=O) groups excluding carboxylic acids is 2. The predicted molar refractivity (Wildman–Crippen MR) is 128 cm³/mol. The Hall–Kier alpha value is -3.24. The molecule has 2 heterocycles. The molecule has 1 fully saturated rings. The van der Waals surface area contributed by atoms with Gasteiger partial charge in [0.2, 0.25) is 0 Å². The average molecular weight is 523 g/mol. The maximum atomic E-state index is 13.1. The molecule has 2 amide bonds. The van der Waals surface area contributed by atoms with Crippen LogP contribution in [0.3, 0.4) is 0 Å². The number of nitrogens with zero attached hydrogens (tertiary/aromatic N) is 2. The molecule has 2 aromatic carbocycles. The van der Waals surface area contributed by atoms with Crippen LogP contribution in [0.2, 0.25) is 15.1 Å². The minimum Gasteiger partial charge on any atom is -0.456 e. The minimum atomic E-state index is -0.747. The lowest BCUT2D eigenvalue weighted by Gasteiger charge is -2.29. The van der Waals surface area contributed by atoms with Crippen molar-refractivity contribution in [1.29, 1.82) is 0 Å². The summed E-state index contributed by atoms with van der Waals surface area (Å²) in [7, 11) is 0. The molecule has 3 aromatic rings. The van der Waals surface area contributed by atoms with E-state index in [-0.39, 0.29) is 54.2 Å². The standard InChI is InChI=1S/C21H10Cl3N3O5S/c22-10-4-6-12(16(8-10)27(30)31)17-7-5-11(32-17)9-13-19(28)25-21(33)26(20(13)29)15-3-1-2-14(23)18(15)24/h1-9H,(H,25,28,33)/b13-9+. The van der Waals surface area contributed by atoms with Gasteiger partial charge in [0.25, 0.3) is 17.5 Å². The Morgan fingerprint density at radius 1 is 1.09 bits per heavy atom. The van der Waals surface area contributed by atoms with E-state index in [0.29, 0.717) is 0 Å². The van der Waals surface area contributed by atoms with Gasteiger partial charge < -0.3 is 4.42 Å². The van der Waals surface area contributed by atoms with E-state index in [1.807, 2.05) is 0 Å². The van der Waals surface area contributed by atoms with Gasteiger partial charge in [-0.3, -0.25) is 29.9 Å². The number of rotatable bonds is 4. The second kappa shape index (κ2) is 8.95. The number of amides is 2. The van der Waals surface area contributed by atoms with E-state index >= 15 is 0 Å². The highest BCUT2D eigenvalue weighted by atomic mass is 35.5. The molecule has 0 radical (unpaired) electrons.